The zero-order valence-corrected chi connectivity index (χ0v) is 18.6. The predicted molar refractivity (Wildman–Crippen MR) is 128 cm³/mol. The Hall–Kier alpha value is -3.52. The number of H-pyrrole nitrogens is 2. The lowest BCUT2D eigenvalue weighted by Crippen LogP contribution is -2.29. The molecule has 0 radical (unpaired) electrons. The lowest BCUT2D eigenvalue weighted by atomic mass is 9.89. The van der Waals surface area contributed by atoms with Crippen LogP contribution in [0.4, 0.5) is 0 Å². The summed E-state index contributed by atoms with van der Waals surface area (Å²) < 4.78 is 2.06. The van der Waals surface area contributed by atoms with Gasteiger partial charge in [0.05, 0.1) is 40.7 Å². The molecule has 0 bridgehead atoms. The van der Waals surface area contributed by atoms with Crippen LogP contribution in [0, 0.1) is 0 Å². The highest BCUT2D eigenvalue weighted by molar-refractivity contribution is 5.95. The zero-order valence-electron chi connectivity index (χ0n) is 18.6. The molecule has 5 heterocycles. The van der Waals surface area contributed by atoms with Crippen LogP contribution in [0.2, 0.25) is 0 Å². The summed E-state index contributed by atoms with van der Waals surface area (Å²) in [5.41, 5.74) is 7.15. The van der Waals surface area contributed by atoms with E-state index in [1.165, 1.54) is 31.2 Å². The molecular formula is C25H26N8. The van der Waals surface area contributed by atoms with Gasteiger partial charge in [0.2, 0.25) is 0 Å². The molecule has 1 aliphatic carbocycles. The SMILES string of the molecule is CN1CCC(c2cccc3[nH]c(-c4n[nH]c5cnc(-c6cnn(C7CC7)c6)cc45)nc23)CC1. The van der Waals surface area contributed by atoms with Gasteiger partial charge in [0.1, 0.15) is 5.69 Å². The van der Waals surface area contributed by atoms with Crippen LogP contribution in [0.1, 0.15) is 43.2 Å². The molecule has 0 spiro atoms. The standard InChI is InChI=1S/C25H26N8/c1-32-9-7-15(8-10-32)18-3-2-4-20-23(18)29-25(28-20)24-19-11-21(26-13-22(19)30-31-24)16-12-27-33(14-16)17-5-6-17/h2-4,11-15,17H,5-10H2,1H3,(H,28,29)(H,30,31). The third-order valence-corrected chi connectivity index (χ3v) is 7.19. The van der Waals surface area contributed by atoms with E-state index >= 15 is 0 Å². The Balaban J connectivity index is 1.29. The van der Waals surface area contributed by atoms with Gasteiger partial charge >= 0.3 is 0 Å². The maximum absolute atomic E-state index is 5.05. The summed E-state index contributed by atoms with van der Waals surface area (Å²) in [4.78, 5) is 15.6. The molecule has 1 aliphatic heterocycles. The van der Waals surface area contributed by atoms with E-state index < -0.39 is 0 Å². The molecule has 1 saturated carbocycles. The Morgan fingerprint density at radius 1 is 1.03 bits per heavy atom. The molecule has 1 aromatic carbocycles. The lowest BCUT2D eigenvalue weighted by Gasteiger charge is -2.29. The minimum atomic E-state index is 0.552. The molecule has 0 atom stereocenters. The van der Waals surface area contributed by atoms with E-state index in [1.807, 2.05) is 12.4 Å². The van der Waals surface area contributed by atoms with Crippen molar-refractivity contribution in [3.05, 3.63) is 48.4 Å². The van der Waals surface area contributed by atoms with E-state index in [2.05, 4.69) is 72.4 Å². The fourth-order valence-corrected chi connectivity index (χ4v) is 5.08. The summed E-state index contributed by atoms with van der Waals surface area (Å²) >= 11 is 0. The summed E-state index contributed by atoms with van der Waals surface area (Å²) in [5, 5.41) is 13.3. The van der Waals surface area contributed by atoms with Crippen LogP contribution in [-0.4, -0.2) is 60.0 Å². The van der Waals surface area contributed by atoms with Crippen LogP contribution in [0.3, 0.4) is 0 Å². The van der Waals surface area contributed by atoms with Gasteiger partial charge in [-0.05, 0) is 69.4 Å². The molecule has 1 saturated heterocycles. The van der Waals surface area contributed by atoms with Gasteiger partial charge < -0.3 is 9.88 Å². The van der Waals surface area contributed by atoms with Gasteiger partial charge in [0.15, 0.2) is 5.82 Å². The summed E-state index contributed by atoms with van der Waals surface area (Å²) in [5.74, 6) is 1.35. The van der Waals surface area contributed by atoms with Crippen LogP contribution in [0.15, 0.2) is 42.9 Å². The summed E-state index contributed by atoms with van der Waals surface area (Å²) in [6, 6.07) is 9.14. The number of piperidine rings is 1. The molecule has 4 aromatic heterocycles. The van der Waals surface area contributed by atoms with Crippen molar-refractivity contribution in [1.82, 2.24) is 39.8 Å². The normalized spacial score (nSPS) is 18.0. The van der Waals surface area contributed by atoms with Gasteiger partial charge in [0, 0.05) is 17.1 Å². The van der Waals surface area contributed by atoms with Gasteiger partial charge in [-0.2, -0.15) is 10.2 Å². The largest absolute Gasteiger partial charge is 0.337 e. The van der Waals surface area contributed by atoms with E-state index in [0.29, 0.717) is 12.0 Å². The van der Waals surface area contributed by atoms with Crippen molar-refractivity contribution in [2.75, 3.05) is 20.1 Å². The van der Waals surface area contributed by atoms with Gasteiger partial charge in [-0.3, -0.25) is 14.8 Å². The fraction of sp³-hybridized carbons (Fsp3) is 0.360. The van der Waals surface area contributed by atoms with Crippen molar-refractivity contribution in [2.45, 2.75) is 37.6 Å². The molecule has 2 fully saturated rings. The number of imidazole rings is 1. The first-order valence-corrected chi connectivity index (χ1v) is 11.8. The van der Waals surface area contributed by atoms with Crippen LogP contribution in [-0.2, 0) is 0 Å². The Bertz CT molecular complexity index is 1460. The third kappa shape index (κ3) is 3.24. The van der Waals surface area contributed by atoms with Crippen molar-refractivity contribution in [2.24, 2.45) is 0 Å². The molecule has 8 heteroatoms. The van der Waals surface area contributed by atoms with Gasteiger partial charge in [-0.25, -0.2) is 4.98 Å². The monoisotopic (exact) mass is 438 g/mol. The molecule has 8 nitrogen and oxygen atoms in total. The number of rotatable bonds is 4. The number of hydrogen-bond acceptors (Lipinski definition) is 5. The molecule has 0 unspecified atom stereocenters. The number of nitrogens with zero attached hydrogens (tertiary/aromatic N) is 6. The number of likely N-dealkylation sites (tertiary alicyclic amines) is 1. The molecule has 2 N–H and O–H groups in total. The Kier molecular flexibility index (Phi) is 4.17. The number of fused-ring (bicyclic) bond motifs is 2. The van der Waals surface area contributed by atoms with Gasteiger partial charge in [-0.15, -0.1) is 0 Å². The average Bonchev–Trinajstić information content (AvgIpc) is 3.23. The quantitative estimate of drug-likeness (QED) is 0.431. The second kappa shape index (κ2) is 7.25. The number of hydrogen-bond donors (Lipinski definition) is 2. The van der Waals surface area contributed by atoms with Crippen LogP contribution in [0.5, 0.6) is 0 Å². The van der Waals surface area contributed by atoms with Crippen molar-refractivity contribution >= 4 is 21.9 Å². The minimum absolute atomic E-state index is 0.552. The Labute approximate surface area is 191 Å². The number of para-hydroxylation sites is 1. The summed E-state index contributed by atoms with van der Waals surface area (Å²) in [6.45, 7) is 2.27. The molecular weight excluding hydrogens is 412 g/mol. The smallest absolute Gasteiger partial charge is 0.159 e. The van der Waals surface area contributed by atoms with Gasteiger partial charge in [0.25, 0.3) is 0 Å². The lowest BCUT2D eigenvalue weighted by molar-refractivity contribution is 0.256. The first kappa shape index (κ1) is 19.0. The van der Waals surface area contributed by atoms with E-state index in [4.69, 9.17) is 4.98 Å². The minimum Gasteiger partial charge on any atom is -0.337 e. The number of aromatic amines is 2. The Morgan fingerprint density at radius 3 is 2.76 bits per heavy atom. The number of aromatic nitrogens is 7. The number of nitrogens with one attached hydrogen (secondary N) is 2. The molecule has 33 heavy (non-hydrogen) atoms. The maximum Gasteiger partial charge on any atom is 0.159 e. The highest BCUT2D eigenvalue weighted by Crippen LogP contribution is 2.36. The summed E-state index contributed by atoms with van der Waals surface area (Å²) in [6.07, 6.45) is 10.6. The highest BCUT2D eigenvalue weighted by atomic mass is 15.3. The van der Waals surface area contributed by atoms with Crippen LogP contribution >= 0.6 is 0 Å². The topological polar surface area (TPSA) is 91.3 Å². The second-order valence-corrected chi connectivity index (χ2v) is 9.53. The maximum atomic E-state index is 5.05. The first-order valence-electron chi connectivity index (χ1n) is 11.8. The van der Waals surface area contributed by atoms with E-state index in [1.54, 1.807) is 0 Å². The van der Waals surface area contributed by atoms with E-state index in [9.17, 15) is 0 Å². The van der Waals surface area contributed by atoms with Gasteiger partial charge in [-0.1, -0.05) is 12.1 Å². The Morgan fingerprint density at radius 2 is 1.91 bits per heavy atom. The third-order valence-electron chi connectivity index (χ3n) is 7.19. The van der Waals surface area contributed by atoms with Crippen LogP contribution in [0.25, 0.3) is 44.7 Å². The zero-order chi connectivity index (χ0) is 21.9. The molecule has 166 valence electrons. The van der Waals surface area contributed by atoms with Crippen molar-refractivity contribution in [3.8, 4) is 22.8 Å². The van der Waals surface area contributed by atoms with Crippen molar-refractivity contribution in [1.29, 1.82) is 0 Å². The molecule has 5 aromatic rings. The van der Waals surface area contributed by atoms with E-state index in [0.717, 1.165) is 57.8 Å². The molecule has 2 aliphatic rings. The second-order valence-electron chi connectivity index (χ2n) is 9.53. The highest BCUT2D eigenvalue weighted by Gasteiger charge is 2.25. The van der Waals surface area contributed by atoms with Crippen LogP contribution < -0.4 is 0 Å². The predicted octanol–water partition coefficient (Wildman–Crippen LogP) is 4.51. The fourth-order valence-electron chi connectivity index (χ4n) is 5.08. The number of pyridine rings is 1. The first-order chi connectivity index (χ1) is 16.2. The van der Waals surface area contributed by atoms with Crippen molar-refractivity contribution < 1.29 is 0 Å². The molecule has 7 rings (SSSR count). The average molecular weight is 439 g/mol. The molecule has 0 amide bonds. The van der Waals surface area contributed by atoms with E-state index in [-0.39, 0.29) is 0 Å². The van der Waals surface area contributed by atoms with Crippen molar-refractivity contribution in [3.63, 3.8) is 0 Å². The summed E-state index contributed by atoms with van der Waals surface area (Å²) in [7, 11) is 2.20. The number of benzene rings is 1.